The molecule has 1 amide bonds. The quantitative estimate of drug-likeness (QED) is 0.864. The number of carbonyl (C=O) groups excluding carboxylic acids is 1. The predicted molar refractivity (Wildman–Crippen MR) is 84.0 cm³/mol. The third kappa shape index (κ3) is 4.27. The first-order chi connectivity index (χ1) is 10.1. The first kappa shape index (κ1) is 15.9. The lowest BCUT2D eigenvalue weighted by atomic mass is 10.1. The third-order valence-electron chi connectivity index (χ3n) is 4.17. The van der Waals surface area contributed by atoms with Crippen LogP contribution in [-0.4, -0.2) is 43.2 Å². The van der Waals surface area contributed by atoms with Crippen LogP contribution in [0.25, 0.3) is 0 Å². The van der Waals surface area contributed by atoms with Crippen molar-refractivity contribution in [2.24, 2.45) is 5.73 Å². The molecule has 5 nitrogen and oxygen atoms in total. The van der Waals surface area contributed by atoms with Gasteiger partial charge in [0.2, 0.25) is 5.91 Å². The Balaban J connectivity index is 1.90. The summed E-state index contributed by atoms with van der Waals surface area (Å²) < 4.78 is 5.36. The zero-order valence-corrected chi connectivity index (χ0v) is 12.8. The van der Waals surface area contributed by atoms with E-state index in [0.29, 0.717) is 12.6 Å². The van der Waals surface area contributed by atoms with Crippen LogP contribution in [0.5, 0.6) is 0 Å². The van der Waals surface area contributed by atoms with E-state index < -0.39 is 0 Å². The van der Waals surface area contributed by atoms with E-state index in [4.69, 9.17) is 10.5 Å². The summed E-state index contributed by atoms with van der Waals surface area (Å²) in [5, 5.41) is 2.97. The molecular weight excluding hydrogens is 266 g/mol. The maximum Gasteiger partial charge on any atom is 0.241 e. The molecule has 0 aliphatic carbocycles. The fraction of sp³-hybridized carbons (Fsp3) is 0.562. The van der Waals surface area contributed by atoms with Crippen LogP contribution in [0.2, 0.25) is 0 Å². The van der Waals surface area contributed by atoms with Gasteiger partial charge in [0.15, 0.2) is 0 Å². The Bertz CT molecular complexity index is 470. The summed E-state index contributed by atoms with van der Waals surface area (Å²) in [5.41, 5.74) is 7.44. The summed E-state index contributed by atoms with van der Waals surface area (Å²) in [4.78, 5) is 14.6. The number of rotatable bonds is 5. The second-order valence-electron chi connectivity index (χ2n) is 5.54. The van der Waals surface area contributed by atoms with E-state index in [-0.39, 0.29) is 11.9 Å². The van der Waals surface area contributed by atoms with Gasteiger partial charge < -0.3 is 15.8 Å². The number of hydrogen-bond acceptors (Lipinski definition) is 4. The molecule has 1 atom stereocenters. The monoisotopic (exact) mass is 291 g/mol. The minimum absolute atomic E-state index is 0.0278. The van der Waals surface area contributed by atoms with Crippen molar-refractivity contribution in [3.63, 3.8) is 0 Å². The molecule has 1 aromatic carbocycles. The van der Waals surface area contributed by atoms with Gasteiger partial charge in [-0.3, -0.25) is 9.69 Å². The summed E-state index contributed by atoms with van der Waals surface area (Å²) in [5.74, 6) is 0.0278. The van der Waals surface area contributed by atoms with Crippen molar-refractivity contribution in [2.45, 2.75) is 38.5 Å². The molecule has 116 valence electrons. The van der Waals surface area contributed by atoms with Crippen LogP contribution in [0.3, 0.4) is 0 Å². The summed E-state index contributed by atoms with van der Waals surface area (Å²) in [6.07, 6.45) is 2.30. The Morgan fingerprint density at radius 2 is 2.19 bits per heavy atom. The summed E-state index contributed by atoms with van der Waals surface area (Å²) in [6, 6.07) is 7.54. The highest BCUT2D eigenvalue weighted by molar-refractivity contribution is 5.94. The van der Waals surface area contributed by atoms with E-state index in [9.17, 15) is 4.79 Å². The molecule has 5 heteroatoms. The van der Waals surface area contributed by atoms with Gasteiger partial charge in [-0.05, 0) is 37.5 Å². The van der Waals surface area contributed by atoms with Gasteiger partial charge in [-0.1, -0.05) is 12.1 Å². The van der Waals surface area contributed by atoms with Crippen molar-refractivity contribution >= 4 is 11.6 Å². The Morgan fingerprint density at radius 3 is 2.81 bits per heavy atom. The van der Waals surface area contributed by atoms with Gasteiger partial charge in [0.05, 0.1) is 12.1 Å². The SMILES string of the molecule is COC1CCN(C(C)C(=O)Nc2cccc(CN)c2)CC1. The minimum Gasteiger partial charge on any atom is -0.381 e. The van der Waals surface area contributed by atoms with E-state index in [1.807, 2.05) is 31.2 Å². The Labute approximate surface area is 126 Å². The lowest BCUT2D eigenvalue weighted by molar-refractivity contribution is -0.121. The molecule has 1 fully saturated rings. The fourth-order valence-electron chi connectivity index (χ4n) is 2.69. The van der Waals surface area contributed by atoms with Crippen molar-refractivity contribution < 1.29 is 9.53 Å². The number of methoxy groups -OCH3 is 1. The van der Waals surface area contributed by atoms with Crippen LogP contribution in [0, 0.1) is 0 Å². The average molecular weight is 291 g/mol. The molecule has 0 aromatic heterocycles. The van der Waals surface area contributed by atoms with E-state index in [1.165, 1.54) is 0 Å². The third-order valence-corrected chi connectivity index (χ3v) is 4.17. The first-order valence-electron chi connectivity index (χ1n) is 7.50. The lowest BCUT2D eigenvalue weighted by Crippen LogP contribution is -2.47. The highest BCUT2D eigenvalue weighted by atomic mass is 16.5. The van der Waals surface area contributed by atoms with Crippen molar-refractivity contribution in [3.8, 4) is 0 Å². The van der Waals surface area contributed by atoms with Crippen LogP contribution in [0.1, 0.15) is 25.3 Å². The molecule has 0 radical (unpaired) electrons. The second-order valence-corrected chi connectivity index (χ2v) is 5.54. The number of likely N-dealkylation sites (tertiary alicyclic amines) is 1. The van der Waals surface area contributed by atoms with Gasteiger partial charge in [-0.15, -0.1) is 0 Å². The molecule has 1 heterocycles. The normalized spacial score (nSPS) is 18.4. The maximum absolute atomic E-state index is 12.3. The van der Waals surface area contributed by atoms with Gasteiger partial charge in [0.1, 0.15) is 0 Å². The molecule has 2 rings (SSSR count). The number of carbonyl (C=O) groups is 1. The molecule has 1 aliphatic rings. The highest BCUT2D eigenvalue weighted by Crippen LogP contribution is 2.17. The average Bonchev–Trinajstić information content (AvgIpc) is 2.54. The summed E-state index contributed by atoms with van der Waals surface area (Å²) >= 11 is 0. The molecule has 1 saturated heterocycles. The fourth-order valence-corrected chi connectivity index (χ4v) is 2.69. The lowest BCUT2D eigenvalue weighted by Gasteiger charge is -2.34. The van der Waals surface area contributed by atoms with Crippen LogP contribution >= 0.6 is 0 Å². The zero-order chi connectivity index (χ0) is 15.2. The number of nitrogens with zero attached hydrogens (tertiary/aromatic N) is 1. The number of benzene rings is 1. The van der Waals surface area contributed by atoms with Gasteiger partial charge in [-0.2, -0.15) is 0 Å². The van der Waals surface area contributed by atoms with Crippen molar-refractivity contribution in [1.29, 1.82) is 0 Å². The number of anilines is 1. The zero-order valence-electron chi connectivity index (χ0n) is 12.8. The van der Waals surface area contributed by atoms with E-state index in [0.717, 1.165) is 37.2 Å². The maximum atomic E-state index is 12.3. The molecule has 0 bridgehead atoms. The molecule has 3 N–H and O–H groups in total. The van der Waals surface area contributed by atoms with Crippen molar-refractivity contribution in [2.75, 3.05) is 25.5 Å². The second kappa shape index (κ2) is 7.54. The Hall–Kier alpha value is -1.43. The molecular formula is C16H25N3O2. The van der Waals surface area contributed by atoms with Gasteiger partial charge >= 0.3 is 0 Å². The molecule has 21 heavy (non-hydrogen) atoms. The Kier molecular flexibility index (Phi) is 5.73. The van der Waals surface area contributed by atoms with Crippen LogP contribution < -0.4 is 11.1 Å². The van der Waals surface area contributed by atoms with Gasteiger partial charge in [0, 0.05) is 32.4 Å². The predicted octanol–water partition coefficient (Wildman–Crippen LogP) is 1.58. The van der Waals surface area contributed by atoms with E-state index in [1.54, 1.807) is 7.11 Å². The molecule has 1 aromatic rings. The summed E-state index contributed by atoms with van der Waals surface area (Å²) in [7, 11) is 1.75. The smallest absolute Gasteiger partial charge is 0.241 e. The van der Waals surface area contributed by atoms with Gasteiger partial charge in [0.25, 0.3) is 0 Å². The number of nitrogens with two attached hydrogens (primary N) is 1. The van der Waals surface area contributed by atoms with Crippen LogP contribution in [-0.2, 0) is 16.1 Å². The largest absolute Gasteiger partial charge is 0.381 e. The number of piperidine rings is 1. The first-order valence-corrected chi connectivity index (χ1v) is 7.50. The van der Waals surface area contributed by atoms with E-state index >= 15 is 0 Å². The highest BCUT2D eigenvalue weighted by Gasteiger charge is 2.26. The number of nitrogens with one attached hydrogen (secondary N) is 1. The standard InChI is InChI=1S/C16H25N3O2/c1-12(19-8-6-15(21-2)7-9-19)16(20)18-14-5-3-4-13(10-14)11-17/h3-5,10,12,15H,6-9,11,17H2,1-2H3,(H,18,20). The summed E-state index contributed by atoms with van der Waals surface area (Å²) in [6.45, 7) is 4.23. The van der Waals surface area contributed by atoms with E-state index in [2.05, 4.69) is 10.2 Å². The van der Waals surface area contributed by atoms with Crippen LogP contribution in [0.15, 0.2) is 24.3 Å². The Morgan fingerprint density at radius 1 is 1.48 bits per heavy atom. The van der Waals surface area contributed by atoms with Gasteiger partial charge in [-0.25, -0.2) is 0 Å². The number of amides is 1. The molecule has 0 saturated carbocycles. The molecule has 0 spiro atoms. The van der Waals surface area contributed by atoms with Crippen molar-refractivity contribution in [1.82, 2.24) is 4.90 Å². The topological polar surface area (TPSA) is 67.6 Å². The molecule has 1 unspecified atom stereocenters. The number of hydrogen-bond donors (Lipinski definition) is 2. The number of ether oxygens (including phenoxy) is 1. The van der Waals surface area contributed by atoms with Crippen LogP contribution in [0.4, 0.5) is 5.69 Å². The molecule has 1 aliphatic heterocycles. The minimum atomic E-state index is -0.135. The van der Waals surface area contributed by atoms with Crippen molar-refractivity contribution in [3.05, 3.63) is 29.8 Å².